The van der Waals surface area contributed by atoms with Crippen molar-refractivity contribution in [1.29, 1.82) is 0 Å². The summed E-state index contributed by atoms with van der Waals surface area (Å²) in [5, 5.41) is 2.40. The molecule has 1 amide bonds. The van der Waals surface area contributed by atoms with Crippen LogP contribution in [-0.4, -0.2) is 69.1 Å². The molecule has 9 heteroatoms. The van der Waals surface area contributed by atoms with Gasteiger partial charge < -0.3 is 10.2 Å². The Bertz CT molecular complexity index is 656. The van der Waals surface area contributed by atoms with E-state index in [1.54, 1.807) is 0 Å². The molecule has 1 fully saturated rings. The number of nitrogens with one attached hydrogen (secondary N) is 1. The molecular weight excluding hydrogens is 345 g/mol. The minimum Gasteiger partial charge on any atom is -0.351 e. The Morgan fingerprint density at radius 1 is 1.30 bits per heavy atom. The molecule has 1 aromatic rings. The Hall–Kier alpha value is -1.22. The summed E-state index contributed by atoms with van der Waals surface area (Å²) in [6.45, 7) is 2.13. The lowest BCUT2D eigenvalue weighted by atomic mass is 10.2. The van der Waals surface area contributed by atoms with E-state index in [9.17, 15) is 17.6 Å². The molecule has 0 radical (unpaired) electrons. The van der Waals surface area contributed by atoms with E-state index in [2.05, 4.69) is 5.32 Å². The first kappa shape index (κ1) is 18.1. The second kappa shape index (κ2) is 7.57. The average molecular weight is 364 g/mol. The minimum absolute atomic E-state index is 0.00979. The lowest BCUT2D eigenvalue weighted by Crippen LogP contribution is -2.48. The molecule has 1 N–H and O–H groups in total. The van der Waals surface area contributed by atoms with Crippen LogP contribution in [0.5, 0.6) is 0 Å². The second-order valence-electron chi connectivity index (χ2n) is 5.37. The smallest absolute Gasteiger partial charge is 0.255 e. The van der Waals surface area contributed by atoms with Gasteiger partial charge in [0.1, 0.15) is 5.82 Å². The van der Waals surface area contributed by atoms with Crippen LogP contribution < -0.4 is 5.32 Å². The monoisotopic (exact) mass is 363 g/mol. The lowest BCUT2D eigenvalue weighted by molar-refractivity contribution is 0.0952. The number of carbonyl (C=O) groups is 1. The number of hydrogen-bond acceptors (Lipinski definition) is 4. The number of sulfonamides is 1. The Kier molecular flexibility index (Phi) is 5.96. The summed E-state index contributed by atoms with van der Waals surface area (Å²) in [6, 6.07) is 3.93. The molecule has 0 aromatic heterocycles. The summed E-state index contributed by atoms with van der Waals surface area (Å²) < 4.78 is 39.4. The number of nitrogens with zero attached hydrogens (tertiary/aromatic N) is 2. The number of benzene rings is 1. The molecule has 0 atom stereocenters. The van der Waals surface area contributed by atoms with Gasteiger partial charge in [-0.25, -0.2) is 12.8 Å². The molecule has 1 aliphatic heterocycles. The van der Waals surface area contributed by atoms with Crippen molar-refractivity contribution in [2.45, 2.75) is 0 Å². The van der Waals surface area contributed by atoms with Gasteiger partial charge in [0.2, 0.25) is 10.0 Å². The van der Waals surface area contributed by atoms with E-state index in [1.807, 2.05) is 11.9 Å². The Labute approximate surface area is 140 Å². The van der Waals surface area contributed by atoms with E-state index in [0.29, 0.717) is 26.2 Å². The molecule has 6 nitrogen and oxygen atoms in total. The van der Waals surface area contributed by atoms with Crippen molar-refractivity contribution in [3.05, 3.63) is 34.6 Å². The predicted molar refractivity (Wildman–Crippen MR) is 86.6 cm³/mol. The number of halogens is 2. The van der Waals surface area contributed by atoms with Gasteiger partial charge in [0.15, 0.2) is 0 Å². The minimum atomic E-state index is -3.44. The maximum absolute atomic E-state index is 13.6. The standard InChI is InChI=1S/C14H19ClFN3O3S/c1-18-6-8-19(9-7-18)23(21,22)10-5-17-14(20)13-11(15)3-2-4-12(13)16/h2-4H,5-10H2,1H3,(H,17,20). The first-order valence-electron chi connectivity index (χ1n) is 7.20. The Balaban J connectivity index is 1.90. The van der Waals surface area contributed by atoms with Crippen LogP contribution in [0.3, 0.4) is 0 Å². The summed E-state index contributed by atoms with van der Waals surface area (Å²) in [4.78, 5) is 14.0. The van der Waals surface area contributed by atoms with E-state index >= 15 is 0 Å². The van der Waals surface area contributed by atoms with E-state index < -0.39 is 21.7 Å². The summed E-state index contributed by atoms with van der Waals surface area (Å²) in [5.74, 6) is -1.69. The van der Waals surface area contributed by atoms with E-state index in [4.69, 9.17) is 11.6 Å². The molecule has 0 spiro atoms. The van der Waals surface area contributed by atoms with Crippen LogP contribution in [0.2, 0.25) is 5.02 Å². The van der Waals surface area contributed by atoms with Crippen LogP contribution in [0, 0.1) is 5.82 Å². The number of carbonyl (C=O) groups excluding carboxylic acids is 1. The van der Waals surface area contributed by atoms with Gasteiger partial charge in [0, 0.05) is 32.7 Å². The molecule has 1 heterocycles. The van der Waals surface area contributed by atoms with Crippen LogP contribution >= 0.6 is 11.6 Å². The van der Waals surface area contributed by atoms with Crippen molar-refractivity contribution < 1.29 is 17.6 Å². The Morgan fingerprint density at radius 3 is 2.57 bits per heavy atom. The van der Waals surface area contributed by atoms with Crippen LogP contribution in [0.15, 0.2) is 18.2 Å². The number of piperazine rings is 1. The van der Waals surface area contributed by atoms with Gasteiger partial charge in [0.25, 0.3) is 5.91 Å². The fraction of sp³-hybridized carbons (Fsp3) is 0.500. The fourth-order valence-corrected chi connectivity index (χ4v) is 3.88. The average Bonchev–Trinajstić information content (AvgIpc) is 2.47. The van der Waals surface area contributed by atoms with Crippen LogP contribution in [0.4, 0.5) is 4.39 Å². The molecule has 128 valence electrons. The van der Waals surface area contributed by atoms with Crippen molar-refractivity contribution in [2.75, 3.05) is 45.5 Å². The van der Waals surface area contributed by atoms with Gasteiger partial charge in [0.05, 0.1) is 16.3 Å². The van der Waals surface area contributed by atoms with Crippen LogP contribution in [0.1, 0.15) is 10.4 Å². The van der Waals surface area contributed by atoms with Crippen molar-refractivity contribution in [1.82, 2.24) is 14.5 Å². The van der Waals surface area contributed by atoms with Gasteiger partial charge in [-0.05, 0) is 19.2 Å². The molecule has 0 saturated carbocycles. The highest BCUT2D eigenvalue weighted by Gasteiger charge is 2.25. The Morgan fingerprint density at radius 2 is 1.96 bits per heavy atom. The van der Waals surface area contributed by atoms with E-state index in [0.717, 1.165) is 6.07 Å². The molecule has 0 unspecified atom stereocenters. The largest absolute Gasteiger partial charge is 0.351 e. The molecule has 0 bridgehead atoms. The molecule has 1 aromatic carbocycles. The van der Waals surface area contributed by atoms with Gasteiger partial charge in [-0.3, -0.25) is 4.79 Å². The third-order valence-corrected chi connectivity index (χ3v) is 5.88. The highest BCUT2D eigenvalue weighted by molar-refractivity contribution is 7.89. The quantitative estimate of drug-likeness (QED) is 0.839. The molecule has 2 rings (SSSR count). The number of rotatable bonds is 5. The van der Waals surface area contributed by atoms with Gasteiger partial charge >= 0.3 is 0 Å². The van der Waals surface area contributed by atoms with E-state index in [-0.39, 0.29) is 22.9 Å². The van der Waals surface area contributed by atoms with Crippen molar-refractivity contribution in [3.8, 4) is 0 Å². The summed E-state index contributed by atoms with van der Waals surface area (Å²) in [7, 11) is -1.51. The number of amides is 1. The zero-order valence-electron chi connectivity index (χ0n) is 12.8. The highest BCUT2D eigenvalue weighted by Crippen LogP contribution is 2.18. The molecule has 0 aliphatic carbocycles. The third-order valence-electron chi connectivity index (χ3n) is 3.69. The summed E-state index contributed by atoms with van der Waals surface area (Å²) in [6.07, 6.45) is 0. The first-order chi connectivity index (χ1) is 10.8. The number of hydrogen-bond donors (Lipinski definition) is 1. The zero-order valence-corrected chi connectivity index (χ0v) is 14.3. The maximum Gasteiger partial charge on any atom is 0.255 e. The van der Waals surface area contributed by atoms with Crippen LogP contribution in [-0.2, 0) is 10.0 Å². The van der Waals surface area contributed by atoms with Crippen molar-refractivity contribution in [3.63, 3.8) is 0 Å². The lowest BCUT2D eigenvalue weighted by Gasteiger charge is -2.31. The van der Waals surface area contributed by atoms with Crippen molar-refractivity contribution >= 4 is 27.5 Å². The normalized spacial score (nSPS) is 17.2. The van der Waals surface area contributed by atoms with E-state index in [1.165, 1.54) is 16.4 Å². The highest BCUT2D eigenvalue weighted by atomic mass is 35.5. The first-order valence-corrected chi connectivity index (χ1v) is 9.18. The molecular formula is C14H19ClFN3O3S. The van der Waals surface area contributed by atoms with Gasteiger partial charge in [-0.2, -0.15) is 4.31 Å². The number of likely N-dealkylation sites (N-methyl/N-ethyl adjacent to an activating group) is 1. The molecule has 23 heavy (non-hydrogen) atoms. The maximum atomic E-state index is 13.6. The zero-order chi connectivity index (χ0) is 17.0. The molecule has 1 aliphatic rings. The van der Waals surface area contributed by atoms with Crippen LogP contribution in [0.25, 0.3) is 0 Å². The van der Waals surface area contributed by atoms with Crippen molar-refractivity contribution in [2.24, 2.45) is 0 Å². The second-order valence-corrected chi connectivity index (χ2v) is 7.87. The summed E-state index contributed by atoms with van der Waals surface area (Å²) >= 11 is 5.80. The predicted octanol–water partition coefficient (Wildman–Crippen LogP) is 0.786. The van der Waals surface area contributed by atoms with Gasteiger partial charge in [-0.1, -0.05) is 17.7 Å². The fourth-order valence-electron chi connectivity index (χ4n) is 2.29. The summed E-state index contributed by atoms with van der Waals surface area (Å²) in [5.41, 5.74) is -0.272. The molecule has 1 saturated heterocycles. The SMILES string of the molecule is CN1CCN(S(=O)(=O)CCNC(=O)c2c(F)cccc2Cl)CC1. The third kappa shape index (κ3) is 4.63. The topological polar surface area (TPSA) is 69.7 Å². The van der Waals surface area contributed by atoms with Gasteiger partial charge in [-0.15, -0.1) is 0 Å².